The van der Waals surface area contributed by atoms with Gasteiger partial charge in [0.05, 0.1) is 11.0 Å². The number of imidazole rings is 1. The normalized spacial score (nSPS) is 10.7. The van der Waals surface area contributed by atoms with Gasteiger partial charge in [0.2, 0.25) is 5.28 Å². The molecule has 0 unspecified atom stereocenters. The first-order chi connectivity index (χ1) is 9.61. The molecule has 0 aliphatic rings. The summed E-state index contributed by atoms with van der Waals surface area (Å²) in [4.78, 5) is 19.1. The maximum absolute atomic E-state index is 12.1. The Hall–Kier alpha value is -2.04. The van der Waals surface area contributed by atoms with E-state index in [9.17, 15) is 4.79 Å². The van der Waals surface area contributed by atoms with Gasteiger partial charge >= 0.3 is 0 Å². The number of carbonyl (C=O) groups excluding carboxylic acids is 1. The Bertz CT molecular complexity index is 798. The predicted molar refractivity (Wildman–Crippen MR) is 80.5 cm³/mol. The van der Waals surface area contributed by atoms with Gasteiger partial charge in [0.15, 0.2) is 0 Å². The second kappa shape index (κ2) is 5.15. The minimum atomic E-state index is -0.225. The van der Waals surface area contributed by atoms with Crippen molar-refractivity contribution < 1.29 is 4.79 Å². The summed E-state index contributed by atoms with van der Waals surface area (Å²) >= 11 is 11.7. The number of rotatable bonds is 2. The van der Waals surface area contributed by atoms with Gasteiger partial charge in [-0.3, -0.25) is 4.79 Å². The summed E-state index contributed by atoms with van der Waals surface area (Å²) < 4.78 is 0. The molecule has 6 heteroatoms. The third kappa shape index (κ3) is 2.61. The zero-order valence-corrected chi connectivity index (χ0v) is 11.7. The van der Waals surface area contributed by atoms with E-state index >= 15 is 0 Å². The van der Waals surface area contributed by atoms with Crippen LogP contribution in [0.5, 0.6) is 0 Å². The molecule has 0 fully saturated rings. The molecule has 100 valence electrons. The van der Waals surface area contributed by atoms with E-state index < -0.39 is 0 Å². The highest BCUT2D eigenvalue weighted by Crippen LogP contribution is 2.20. The molecule has 3 aromatic rings. The number of hydrogen-bond acceptors (Lipinski definition) is 2. The van der Waals surface area contributed by atoms with Crippen molar-refractivity contribution in [1.29, 1.82) is 0 Å². The molecule has 0 atom stereocenters. The number of nitrogens with zero attached hydrogens (tertiary/aromatic N) is 1. The van der Waals surface area contributed by atoms with Crippen LogP contribution in [0.1, 0.15) is 10.4 Å². The number of H-pyrrole nitrogens is 1. The van der Waals surface area contributed by atoms with Crippen LogP contribution in [0.15, 0.2) is 42.5 Å². The Morgan fingerprint density at radius 1 is 1.15 bits per heavy atom. The van der Waals surface area contributed by atoms with Gasteiger partial charge in [0.1, 0.15) is 0 Å². The number of carbonyl (C=O) groups is 1. The van der Waals surface area contributed by atoms with Crippen molar-refractivity contribution in [3.8, 4) is 0 Å². The van der Waals surface area contributed by atoms with E-state index in [0.29, 0.717) is 21.6 Å². The Morgan fingerprint density at radius 3 is 2.80 bits per heavy atom. The molecule has 2 aromatic carbocycles. The van der Waals surface area contributed by atoms with E-state index in [1.807, 2.05) is 0 Å². The van der Waals surface area contributed by atoms with Crippen LogP contribution < -0.4 is 5.32 Å². The first-order valence-corrected chi connectivity index (χ1v) is 6.59. The minimum absolute atomic E-state index is 0.225. The summed E-state index contributed by atoms with van der Waals surface area (Å²) in [5.41, 5.74) is 2.66. The Kier molecular flexibility index (Phi) is 3.34. The van der Waals surface area contributed by atoms with Crippen LogP contribution in [-0.2, 0) is 0 Å². The molecule has 1 heterocycles. The number of hydrogen-bond donors (Lipinski definition) is 2. The number of anilines is 1. The summed E-state index contributed by atoms with van der Waals surface area (Å²) in [6, 6.07) is 12.1. The number of benzene rings is 2. The Balaban J connectivity index is 1.87. The molecule has 20 heavy (non-hydrogen) atoms. The van der Waals surface area contributed by atoms with Crippen molar-refractivity contribution in [2.75, 3.05) is 5.32 Å². The van der Waals surface area contributed by atoms with Crippen molar-refractivity contribution in [1.82, 2.24) is 9.97 Å². The van der Waals surface area contributed by atoms with Crippen molar-refractivity contribution in [2.45, 2.75) is 0 Å². The molecule has 0 radical (unpaired) electrons. The lowest BCUT2D eigenvalue weighted by molar-refractivity contribution is 0.102. The topological polar surface area (TPSA) is 57.8 Å². The van der Waals surface area contributed by atoms with Crippen LogP contribution in [0.4, 0.5) is 5.69 Å². The smallest absolute Gasteiger partial charge is 0.255 e. The second-order valence-corrected chi connectivity index (χ2v) is 5.02. The third-order valence-corrected chi connectivity index (χ3v) is 3.21. The molecule has 1 aromatic heterocycles. The molecule has 2 N–H and O–H groups in total. The van der Waals surface area contributed by atoms with Crippen LogP contribution in [0.25, 0.3) is 11.0 Å². The summed E-state index contributed by atoms with van der Waals surface area (Å²) in [5, 5.41) is 3.64. The van der Waals surface area contributed by atoms with E-state index in [-0.39, 0.29) is 5.91 Å². The number of halogens is 2. The summed E-state index contributed by atoms with van der Waals surface area (Å²) in [5.74, 6) is -0.225. The molecule has 3 rings (SSSR count). The first kappa shape index (κ1) is 13.0. The van der Waals surface area contributed by atoms with Gasteiger partial charge in [0, 0.05) is 16.3 Å². The number of nitrogens with one attached hydrogen (secondary N) is 2. The first-order valence-electron chi connectivity index (χ1n) is 5.84. The summed E-state index contributed by atoms with van der Waals surface area (Å²) in [7, 11) is 0. The largest absolute Gasteiger partial charge is 0.329 e. The van der Waals surface area contributed by atoms with Crippen molar-refractivity contribution in [3.63, 3.8) is 0 Å². The molecule has 1 amide bonds. The van der Waals surface area contributed by atoms with Gasteiger partial charge in [0.25, 0.3) is 5.91 Å². The quantitative estimate of drug-likeness (QED) is 0.748. The zero-order chi connectivity index (χ0) is 14.1. The van der Waals surface area contributed by atoms with E-state index in [2.05, 4.69) is 15.3 Å². The lowest BCUT2D eigenvalue weighted by atomic mass is 10.2. The van der Waals surface area contributed by atoms with Crippen molar-refractivity contribution in [2.24, 2.45) is 0 Å². The molecule has 0 bridgehead atoms. The molecule has 0 saturated carbocycles. The Morgan fingerprint density at radius 2 is 2.00 bits per heavy atom. The molecule has 0 saturated heterocycles. The van der Waals surface area contributed by atoms with Gasteiger partial charge < -0.3 is 10.3 Å². The average Bonchev–Trinajstić information content (AvgIpc) is 2.78. The fourth-order valence-corrected chi connectivity index (χ4v) is 2.27. The SMILES string of the molecule is O=C(Nc1ccc2nc(Cl)[nH]c2c1)c1cccc(Cl)c1. The molecule has 0 spiro atoms. The second-order valence-electron chi connectivity index (χ2n) is 4.22. The molecular formula is C14H9Cl2N3O. The van der Waals surface area contributed by atoms with Crippen LogP contribution in [0.3, 0.4) is 0 Å². The fraction of sp³-hybridized carbons (Fsp3) is 0. The van der Waals surface area contributed by atoms with E-state index in [0.717, 1.165) is 11.0 Å². The van der Waals surface area contributed by atoms with Gasteiger partial charge in [-0.15, -0.1) is 0 Å². The molecule has 4 nitrogen and oxygen atoms in total. The van der Waals surface area contributed by atoms with Gasteiger partial charge in [-0.05, 0) is 48.0 Å². The standard InChI is InChI=1S/C14H9Cl2N3O/c15-9-3-1-2-8(6-9)13(20)17-10-4-5-11-12(7-10)19-14(16)18-11/h1-7H,(H,17,20)(H,18,19). The lowest BCUT2D eigenvalue weighted by Gasteiger charge is -2.05. The van der Waals surface area contributed by atoms with E-state index in [1.165, 1.54) is 0 Å². The highest BCUT2D eigenvalue weighted by atomic mass is 35.5. The van der Waals surface area contributed by atoms with Crippen LogP contribution in [0, 0.1) is 0 Å². The van der Waals surface area contributed by atoms with Crippen LogP contribution in [-0.4, -0.2) is 15.9 Å². The van der Waals surface area contributed by atoms with E-state index in [1.54, 1.807) is 42.5 Å². The number of fused-ring (bicyclic) bond motifs is 1. The van der Waals surface area contributed by atoms with Gasteiger partial charge in [-0.2, -0.15) is 0 Å². The predicted octanol–water partition coefficient (Wildman–Crippen LogP) is 4.12. The maximum Gasteiger partial charge on any atom is 0.255 e. The maximum atomic E-state index is 12.1. The zero-order valence-electron chi connectivity index (χ0n) is 10.2. The highest BCUT2D eigenvalue weighted by molar-refractivity contribution is 6.31. The average molecular weight is 306 g/mol. The van der Waals surface area contributed by atoms with Crippen molar-refractivity contribution >= 4 is 45.8 Å². The van der Waals surface area contributed by atoms with Crippen LogP contribution in [0.2, 0.25) is 10.3 Å². The van der Waals surface area contributed by atoms with Crippen molar-refractivity contribution in [3.05, 3.63) is 58.3 Å². The van der Waals surface area contributed by atoms with Crippen LogP contribution >= 0.6 is 23.2 Å². The molecule has 0 aliphatic heterocycles. The number of aromatic nitrogens is 2. The minimum Gasteiger partial charge on any atom is -0.329 e. The lowest BCUT2D eigenvalue weighted by Crippen LogP contribution is -2.11. The monoisotopic (exact) mass is 305 g/mol. The van der Waals surface area contributed by atoms with E-state index in [4.69, 9.17) is 23.2 Å². The Labute approximate surface area is 124 Å². The molecule has 0 aliphatic carbocycles. The highest BCUT2D eigenvalue weighted by Gasteiger charge is 2.08. The fourth-order valence-electron chi connectivity index (χ4n) is 1.89. The van der Waals surface area contributed by atoms with Gasteiger partial charge in [-0.1, -0.05) is 17.7 Å². The molecular weight excluding hydrogens is 297 g/mol. The number of amides is 1. The number of aromatic amines is 1. The summed E-state index contributed by atoms with van der Waals surface area (Å²) in [6.45, 7) is 0. The van der Waals surface area contributed by atoms with Gasteiger partial charge in [-0.25, -0.2) is 4.98 Å². The third-order valence-electron chi connectivity index (χ3n) is 2.80. The summed E-state index contributed by atoms with van der Waals surface area (Å²) in [6.07, 6.45) is 0.